The van der Waals surface area contributed by atoms with Crippen LogP contribution in [0.4, 0.5) is 0 Å². The largest absolute Gasteiger partial charge is 0.353 e. The van der Waals surface area contributed by atoms with Crippen LogP contribution in [0, 0.1) is 5.92 Å². The lowest BCUT2D eigenvalue weighted by molar-refractivity contribution is -0.125. The zero-order valence-electron chi connectivity index (χ0n) is 11.7. The first-order valence-corrected chi connectivity index (χ1v) is 8.28. The average Bonchev–Trinajstić information content (AvgIpc) is 2.38. The van der Waals surface area contributed by atoms with Gasteiger partial charge < -0.3 is 10.6 Å². The van der Waals surface area contributed by atoms with E-state index in [1.807, 2.05) is 20.9 Å². The number of hydrogen-bond acceptors (Lipinski definition) is 3. The zero-order chi connectivity index (χ0) is 13.5. The molecule has 1 amide bonds. The van der Waals surface area contributed by atoms with Gasteiger partial charge in [0.15, 0.2) is 0 Å². The Hall–Kier alpha value is -0.420. The van der Waals surface area contributed by atoms with E-state index in [4.69, 9.17) is 0 Å². The molecule has 1 fully saturated rings. The number of nitrogens with one attached hydrogen (secondary N) is 2. The summed E-state index contributed by atoms with van der Waals surface area (Å²) in [6.07, 6.45) is 4.01. The van der Waals surface area contributed by atoms with Crippen LogP contribution in [-0.2, 0) is 15.6 Å². The SMILES string of the molecule is CCS(=O)C1CCCC(NC(=O)C(C)CNC)C1. The normalized spacial score (nSPS) is 27.5. The molecule has 18 heavy (non-hydrogen) atoms. The highest BCUT2D eigenvalue weighted by molar-refractivity contribution is 7.85. The van der Waals surface area contributed by atoms with E-state index in [-0.39, 0.29) is 23.1 Å². The fourth-order valence-electron chi connectivity index (χ4n) is 2.49. The van der Waals surface area contributed by atoms with E-state index in [1.54, 1.807) is 0 Å². The quantitative estimate of drug-likeness (QED) is 0.761. The number of carbonyl (C=O) groups excluding carboxylic acids is 1. The van der Waals surface area contributed by atoms with Crippen LogP contribution >= 0.6 is 0 Å². The molecule has 4 unspecified atom stereocenters. The van der Waals surface area contributed by atoms with Crippen molar-refractivity contribution in [2.24, 2.45) is 5.92 Å². The summed E-state index contributed by atoms with van der Waals surface area (Å²) >= 11 is 0. The lowest BCUT2D eigenvalue weighted by Gasteiger charge is -2.29. The highest BCUT2D eigenvalue weighted by atomic mass is 32.2. The van der Waals surface area contributed by atoms with Gasteiger partial charge in [-0.2, -0.15) is 0 Å². The molecule has 0 saturated heterocycles. The molecule has 1 aliphatic rings. The van der Waals surface area contributed by atoms with Gasteiger partial charge in [-0.1, -0.05) is 20.3 Å². The molecule has 0 aliphatic heterocycles. The van der Waals surface area contributed by atoms with Gasteiger partial charge >= 0.3 is 0 Å². The number of amides is 1. The highest BCUT2D eigenvalue weighted by Gasteiger charge is 2.27. The minimum atomic E-state index is -0.727. The minimum absolute atomic E-state index is 0.00736. The van der Waals surface area contributed by atoms with E-state index in [0.29, 0.717) is 6.54 Å². The van der Waals surface area contributed by atoms with Gasteiger partial charge in [-0.05, 0) is 26.3 Å². The van der Waals surface area contributed by atoms with E-state index < -0.39 is 10.8 Å². The van der Waals surface area contributed by atoms with Crippen LogP contribution < -0.4 is 10.6 Å². The molecule has 1 saturated carbocycles. The summed E-state index contributed by atoms with van der Waals surface area (Å²) in [6, 6.07) is 0.214. The van der Waals surface area contributed by atoms with Crippen LogP contribution in [0.15, 0.2) is 0 Å². The fraction of sp³-hybridized carbons (Fsp3) is 0.923. The Morgan fingerprint density at radius 1 is 1.44 bits per heavy atom. The zero-order valence-corrected chi connectivity index (χ0v) is 12.5. The first-order chi connectivity index (χ1) is 8.58. The Morgan fingerprint density at radius 3 is 2.78 bits per heavy atom. The summed E-state index contributed by atoms with van der Waals surface area (Å²) < 4.78 is 11.8. The number of carbonyl (C=O) groups is 1. The predicted octanol–water partition coefficient (Wildman–Crippen LogP) is 1.04. The van der Waals surface area contributed by atoms with Crippen molar-refractivity contribution in [1.82, 2.24) is 10.6 Å². The van der Waals surface area contributed by atoms with Crippen LogP contribution in [0.2, 0.25) is 0 Å². The van der Waals surface area contributed by atoms with E-state index in [9.17, 15) is 9.00 Å². The number of hydrogen-bond donors (Lipinski definition) is 2. The molecule has 0 aromatic heterocycles. The van der Waals surface area contributed by atoms with Crippen LogP contribution in [0.5, 0.6) is 0 Å². The molecule has 1 rings (SSSR count). The van der Waals surface area contributed by atoms with Crippen molar-refractivity contribution in [3.8, 4) is 0 Å². The van der Waals surface area contributed by atoms with E-state index in [2.05, 4.69) is 10.6 Å². The topological polar surface area (TPSA) is 58.2 Å². The molecule has 0 radical (unpaired) electrons. The summed E-state index contributed by atoms with van der Waals surface area (Å²) in [5, 5.41) is 6.38. The Balaban J connectivity index is 2.42. The standard InChI is InChI=1S/C13H26N2O2S/c1-4-18(17)12-7-5-6-11(8-12)15-13(16)10(2)9-14-3/h10-12,14H,4-9H2,1-3H3,(H,15,16). The molecule has 0 bridgehead atoms. The molecule has 2 N–H and O–H groups in total. The maximum absolute atomic E-state index is 11.9. The van der Waals surface area contributed by atoms with Gasteiger partial charge in [0.1, 0.15) is 0 Å². The predicted molar refractivity (Wildman–Crippen MR) is 76.0 cm³/mol. The number of rotatable bonds is 6. The monoisotopic (exact) mass is 274 g/mol. The second-order valence-electron chi connectivity index (χ2n) is 5.12. The summed E-state index contributed by atoms with van der Waals surface area (Å²) in [5.74, 6) is 0.825. The average molecular weight is 274 g/mol. The van der Waals surface area contributed by atoms with E-state index in [1.165, 1.54) is 0 Å². The molecule has 4 atom stereocenters. The molecule has 0 heterocycles. The van der Waals surface area contributed by atoms with Crippen molar-refractivity contribution in [2.75, 3.05) is 19.3 Å². The molecule has 0 aromatic carbocycles. The molecule has 1 aliphatic carbocycles. The maximum Gasteiger partial charge on any atom is 0.224 e. The smallest absolute Gasteiger partial charge is 0.224 e. The van der Waals surface area contributed by atoms with Crippen molar-refractivity contribution in [1.29, 1.82) is 0 Å². The molecular formula is C13H26N2O2S. The summed E-state index contributed by atoms with van der Waals surface area (Å²) in [5.41, 5.74) is 0. The van der Waals surface area contributed by atoms with Crippen molar-refractivity contribution in [3.05, 3.63) is 0 Å². The van der Waals surface area contributed by atoms with Gasteiger partial charge in [0.25, 0.3) is 0 Å². The Bertz CT molecular complexity index is 297. The Morgan fingerprint density at radius 2 is 2.17 bits per heavy atom. The summed E-state index contributed by atoms with van der Waals surface area (Å²) in [7, 11) is 1.13. The second-order valence-corrected chi connectivity index (χ2v) is 7.13. The molecule has 106 valence electrons. The van der Waals surface area contributed by atoms with Gasteiger partial charge in [-0.25, -0.2) is 0 Å². The van der Waals surface area contributed by atoms with E-state index in [0.717, 1.165) is 31.4 Å². The van der Waals surface area contributed by atoms with Crippen molar-refractivity contribution >= 4 is 16.7 Å². The van der Waals surface area contributed by atoms with Gasteiger partial charge in [0.05, 0.1) is 0 Å². The van der Waals surface area contributed by atoms with Crippen LogP contribution in [0.3, 0.4) is 0 Å². The second kappa shape index (κ2) is 7.89. The highest BCUT2D eigenvalue weighted by Crippen LogP contribution is 2.23. The molecule has 4 nitrogen and oxygen atoms in total. The first kappa shape index (κ1) is 15.6. The van der Waals surface area contributed by atoms with Crippen LogP contribution in [-0.4, -0.2) is 40.8 Å². The van der Waals surface area contributed by atoms with Gasteiger partial charge in [-0.15, -0.1) is 0 Å². The maximum atomic E-state index is 11.9. The molecule has 0 aromatic rings. The Labute approximate surface area is 113 Å². The van der Waals surface area contributed by atoms with Crippen molar-refractivity contribution in [3.63, 3.8) is 0 Å². The molecular weight excluding hydrogens is 248 g/mol. The van der Waals surface area contributed by atoms with E-state index >= 15 is 0 Å². The third-order valence-corrected chi connectivity index (χ3v) is 5.33. The third kappa shape index (κ3) is 4.69. The van der Waals surface area contributed by atoms with Gasteiger partial charge in [-0.3, -0.25) is 9.00 Å². The molecule has 5 heteroatoms. The first-order valence-electron chi connectivity index (χ1n) is 6.90. The fourth-order valence-corrected chi connectivity index (χ4v) is 3.84. The Kier molecular flexibility index (Phi) is 6.86. The lowest BCUT2D eigenvalue weighted by atomic mass is 9.94. The van der Waals surface area contributed by atoms with Crippen LogP contribution in [0.25, 0.3) is 0 Å². The molecule has 0 spiro atoms. The van der Waals surface area contributed by atoms with Gasteiger partial charge in [0, 0.05) is 40.3 Å². The minimum Gasteiger partial charge on any atom is -0.353 e. The summed E-state index contributed by atoms with van der Waals surface area (Å²) in [4.78, 5) is 11.9. The van der Waals surface area contributed by atoms with Gasteiger partial charge in [0.2, 0.25) is 5.91 Å². The lowest BCUT2D eigenvalue weighted by Crippen LogP contribution is -2.44. The van der Waals surface area contributed by atoms with Crippen LogP contribution in [0.1, 0.15) is 39.5 Å². The van der Waals surface area contributed by atoms with Crippen molar-refractivity contribution in [2.45, 2.75) is 50.8 Å². The summed E-state index contributed by atoms with van der Waals surface area (Å²) in [6.45, 7) is 4.59. The third-order valence-electron chi connectivity index (χ3n) is 3.59. The van der Waals surface area contributed by atoms with Crippen molar-refractivity contribution < 1.29 is 9.00 Å².